The van der Waals surface area contributed by atoms with Gasteiger partial charge in [-0.25, -0.2) is 4.98 Å². The van der Waals surface area contributed by atoms with Crippen LogP contribution >= 0.6 is 0 Å². The first-order valence-electron chi connectivity index (χ1n) is 8.41. The topological polar surface area (TPSA) is 111 Å². The number of nitro benzene ring substituents is 1. The molecule has 2 heterocycles. The number of benzene rings is 2. The van der Waals surface area contributed by atoms with Crippen molar-refractivity contribution < 1.29 is 14.1 Å². The summed E-state index contributed by atoms with van der Waals surface area (Å²) < 4.78 is 11.3. The van der Waals surface area contributed by atoms with E-state index < -0.39 is 10.5 Å². The van der Waals surface area contributed by atoms with Crippen LogP contribution < -0.4 is 10.3 Å². The van der Waals surface area contributed by atoms with Crippen LogP contribution in [0, 0.1) is 10.1 Å². The molecule has 0 radical (unpaired) electrons. The minimum Gasteiger partial charge on any atom is -0.493 e. The van der Waals surface area contributed by atoms with Gasteiger partial charge in [0.15, 0.2) is 0 Å². The Labute approximate surface area is 152 Å². The molecule has 0 unspecified atom stereocenters. The fraction of sp³-hybridized carbons (Fsp3) is 0.158. The second kappa shape index (κ2) is 6.56. The van der Waals surface area contributed by atoms with Gasteiger partial charge in [0.25, 0.3) is 11.2 Å². The predicted octanol–water partition coefficient (Wildman–Crippen LogP) is 4.03. The summed E-state index contributed by atoms with van der Waals surface area (Å²) in [4.78, 5) is 30.4. The number of aromatic amines is 1. The van der Waals surface area contributed by atoms with Crippen LogP contribution in [0.3, 0.4) is 0 Å². The van der Waals surface area contributed by atoms with Crippen molar-refractivity contribution in [3.8, 4) is 17.1 Å². The molecule has 8 nitrogen and oxygen atoms in total. The second-order valence-corrected chi connectivity index (χ2v) is 5.98. The van der Waals surface area contributed by atoms with Gasteiger partial charge in [0, 0.05) is 17.5 Å². The average Bonchev–Trinajstić information content (AvgIpc) is 3.05. The van der Waals surface area contributed by atoms with E-state index in [2.05, 4.69) is 9.97 Å². The van der Waals surface area contributed by atoms with Crippen LogP contribution in [0.25, 0.3) is 33.5 Å². The summed E-state index contributed by atoms with van der Waals surface area (Å²) in [6.07, 6.45) is 0.770. The first-order chi connectivity index (χ1) is 13.1. The number of nitrogens with zero attached hydrogens (tertiary/aromatic N) is 2. The zero-order valence-corrected chi connectivity index (χ0v) is 14.4. The number of hydrogen-bond acceptors (Lipinski definition) is 6. The lowest BCUT2D eigenvalue weighted by atomic mass is 10.1. The monoisotopic (exact) mass is 365 g/mol. The lowest BCUT2D eigenvalue weighted by molar-refractivity contribution is -0.384. The highest BCUT2D eigenvalue weighted by molar-refractivity contribution is 6.02. The van der Waals surface area contributed by atoms with Gasteiger partial charge in [0.2, 0.25) is 5.58 Å². The molecule has 0 aliphatic rings. The molecule has 4 aromatic rings. The average molecular weight is 365 g/mol. The van der Waals surface area contributed by atoms with Gasteiger partial charge in [0.1, 0.15) is 22.7 Å². The molecule has 0 bridgehead atoms. The van der Waals surface area contributed by atoms with Crippen molar-refractivity contribution >= 4 is 27.8 Å². The highest BCUT2D eigenvalue weighted by Gasteiger charge is 2.19. The number of rotatable bonds is 5. The number of H-pyrrole nitrogens is 1. The van der Waals surface area contributed by atoms with Crippen LogP contribution in [-0.2, 0) is 0 Å². The number of nitrogens with one attached hydrogen (secondary N) is 1. The van der Waals surface area contributed by atoms with Gasteiger partial charge in [-0.15, -0.1) is 0 Å². The van der Waals surface area contributed by atoms with E-state index in [1.807, 2.05) is 13.0 Å². The lowest BCUT2D eigenvalue weighted by Crippen LogP contribution is -2.09. The number of aromatic nitrogens is 2. The number of furan rings is 1. The first kappa shape index (κ1) is 16.8. The number of nitro groups is 1. The van der Waals surface area contributed by atoms with Gasteiger partial charge in [-0.05, 0) is 24.6 Å². The van der Waals surface area contributed by atoms with Crippen LogP contribution in [0.2, 0.25) is 0 Å². The molecule has 0 saturated heterocycles. The summed E-state index contributed by atoms with van der Waals surface area (Å²) in [6, 6.07) is 11.4. The number of para-hydroxylation sites is 1. The molecule has 0 fully saturated rings. The van der Waals surface area contributed by atoms with Crippen LogP contribution in [0.15, 0.2) is 51.7 Å². The Morgan fingerprint density at radius 1 is 1.26 bits per heavy atom. The maximum Gasteiger partial charge on any atom is 0.294 e. The summed E-state index contributed by atoms with van der Waals surface area (Å²) in [5.74, 6) is 0.603. The minimum absolute atomic E-state index is 0.112. The number of ether oxygens (including phenoxy) is 1. The Kier molecular flexibility index (Phi) is 4.08. The molecule has 1 N–H and O–H groups in total. The van der Waals surface area contributed by atoms with Gasteiger partial charge < -0.3 is 14.1 Å². The fourth-order valence-electron chi connectivity index (χ4n) is 2.88. The van der Waals surface area contributed by atoms with Gasteiger partial charge in [-0.3, -0.25) is 14.9 Å². The SMILES string of the molecule is CCCOc1ccc([N+](=O)[O-])cc1-c1nc2c(oc3ccccc32)c(=O)[nH]1. The highest BCUT2D eigenvalue weighted by atomic mass is 16.6. The van der Waals surface area contributed by atoms with Crippen molar-refractivity contribution in [2.75, 3.05) is 6.61 Å². The van der Waals surface area contributed by atoms with Gasteiger partial charge in [-0.2, -0.15) is 0 Å². The largest absolute Gasteiger partial charge is 0.493 e. The molecular weight excluding hydrogens is 350 g/mol. The smallest absolute Gasteiger partial charge is 0.294 e. The molecule has 2 aromatic heterocycles. The van der Waals surface area contributed by atoms with Crippen LogP contribution in [0.5, 0.6) is 5.75 Å². The Bertz CT molecular complexity index is 1230. The predicted molar refractivity (Wildman–Crippen MR) is 100 cm³/mol. The van der Waals surface area contributed by atoms with E-state index in [9.17, 15) is 14.9 Å². The zero-order chi connectivity index (χ0) is 19.0. The van der Waals surface area contributed by atoms with Gasteiger partial charge >= 0.3 is 0 Å². The van der Waals surface area contributed by atoms with Crippen molar-refractivity contribution in [3.05, 3.63) is 62.9 Å². The van der Waals surface area contributed by atoms with Crippen LogP contribution in [0.1, 0.15) is 13.3 Å². The van der Waals surface area contributed by atoms with E-state index >= 15 is 0 Å². The molecule has 4 rings (SSSR count). The lowest BCUT2D eigenvalue weighted by Gasteiger charge is -2.10. The van der Waals surface area contributed by atoms with Crippen molar-refractivity contribution in [2.45, 2.75) is 13.3 Å². The van der Waals surface area contributed by atoms with E-state index in [-0.39, 0.29) is 17.1 Å². The Hall–Kier alpha value is -3.68. The van der Waals surface area contributed by atoms with E-state index in [1.54, 1.807) is 18.2 Å². The van der Waals surface area contributed by atoms with E-state index in [0.717, 1.165) is 6.42 Å². The van der Waals surface area contributed by atoms with E-state index in [4.69, 9.17) is 9.15 Å². The molecule has 0 aliphatic carbocycles. The minimum atomic E-state index is -0.503. The number of hydrogen-bond donors (Lipinski definition) is 1. The third-order valence-corrected chi connectivity index (χ3v) is 4.12. The third-order valence-electron chi connectivity index (χ3n) is 4.12. The van der Waals surface area contributed by atoms with Crippen molar-refractivity contribution in [2.24, 2.45) is 0 Å². The van der Waals surface area contributed by atoms with Crippen LogP contribution in [0.4, 0.5) is 5.69 Å². The molecule has 0 amide bonds. The molecule has 27 heavy (non-hydrogen) atoms. The number of fused-ring (bicyclic) bond motifs is 3. The maximum atomic E-state index is 12.5. The Morgan fingerprint density at radius 3 is 2.85 bits per heavy atom. The second-order valence-electron chi connectivity index (χ2n) is 5.98. The number of non-ortho nitro benzene ring substituents is 1. The van der Waals surface area contributed by atoms with Crippen LogP contribution in [-0.4, -0.2) is 21.5 Å². The summed E-state index contributed by atoms with van der Waals surface area (Å²) in [6.45, 7) is 2.39. The van der Waals surface area contributed by atoms with Crippen molar-refractivity contribution in [1.82, 2.24) is 9.97 Å². The molecule has 0 saturated carbocycles. The fourth-order valence-corrected chi connectivity index (χ4v) is 2.88. The standard InChI is InChI=1S/C19H15N3O5/c1-2-9-26-14-8-7-11(22(24)25)10-13(14)18-20-16-12-5-3-4-6-15(12)27-17(16)19(23)21-18/h3-8,10H,2,9H2,1H3,(H,20,21,23). The first-order valence-corrected chi connectivity index (χ1v) is 8.41. The normalized spacial score (nSPS) is 11.1. The van der Waals surface area contributed by atoms with Crippen molar-refractivity contribution in [1.29, 1.82) is 0 Å². The molecule has 136 valence electrons. The third kappa shape index (κ3) is 2.91. The molecule has 2 aromatic carbocycles. The summed E-state index contributed by atoms with van der Waals surface area (Å²) >= 11 is 0. The molecule has 8 heteroatoms. The molecule has 0 atom stereocenters. The Balaban J connectivity index is 1.98. The summed E-state index contributed by atoms with van der Waals surface area (Å²) in [7, 11) is 0. The van der Waals surface area contributed by atoms with E-state index in [1.165, 1.54) is 18.2 Å². The van der Waals surface area contributed by atoms with E-state index in [0.29, 0.717) is 34.4 Å². The molecule has 0 spiro atoms. The quantitative estimate of drug-likeness (QED) is 0.422. The maximum absolute atomic E-state index is 12.5. The summed E-state index contributed by atoms with van der Waals surface area (Å²) in [5, 5.41) is 11.9. The Morgan fingerprint density at radius 2 is 2.07 bits per heavy atom. The zero-order valence-electron chi connectivity index (χ0n) is 14.4. The van der Waals surface area contributed by atoms with Gasteiger partial charge in [-0.1, -0.05) is 19.1 Å². The van der Waals surface area contributed by atoms with Gasteiger partial charge in [0.05, 0.1) is 17.1 Å². The highest BCUT2D eigenvalue weighted by Crippen LogP contribution is 2.33. The van der Waals surface area contributed by atoms with Crippen molar-refractivity contribution in [3.63, 3.8) is 0 Å². The molecular formula is C19H15N3O5. The summed E-state index contributed by atoms with van der Waals surface area (Å²) in [5.41, 5.74) is 0.831. The molecule has 0 aliphatic heterocycles.